The molecular formula is C29H35N5O2. The third-order valence-corrected chi connectivity index (χ3v) is 6.76. The molecule has 0 unspecified atom stereocenters. The van der Waals surface area contributed by atoms with Crippen molar-refractivity contribution in [2.24, 2.45) is 5.92 Å². The van der Waals surface area contributed by atoms with Gasteiger partial charge in [0.15, 0.2) is 0 Å². The summed E-state index contributed by atoms with van der Waals surface area (Å²) in [6, 6.07) is 21.9. The SMILES string of the molecule is Cc1nc(N)ccc1CNC(=O)[C@H](C)NC(=O)[C@H]1C[C@H](Cc2ccc(Cc3ccccc3)cc2)CN1. The Morgan fingerprint density at radius 1 is 1.03 bits per heavy atom. The van der Waals surface area contributed by atoms with E-state index in [9.17, 15) is 9.59 Å². The number of aryl methyl sites for hydroxylation is 1. The summed E-state index contributed by atoms with van der Waals surface area (Å²) in [5.74, 6) is 0.463. The van der Waals surface area contributed by atoms with Crippen LogP contribution in [0.1, 0.15) is 41.3 Å². The van der Waals surface area contributed by atoms with E-state index in [4.69, 9.17) is 5.73 Å². The predicted molar refractivity (Wildman–Crippen MR) is 142 cm³/mol. The van der Waals surface area contributed by atoms with Gasteiger partial charge in [-0.15, -0.1) is 0 Å². The lowest BCUT2D eigenvalue weighted by Crippen LogP contribution is -2.50. The number of aromatic nitrogens is 1. The van der Waals surface area contributed by atoms with Crippen molar-refractivity contribution >= 4 is 17.6 Å². The lowest BCUT2D eigenvalue weighted by Gasteiger charge is -2.17. The van der Waals surface area contributed by atoms with Gasteiger partial charge < -0.3 is 21.7 Å². The number of hydrogen-bond donors (Lipinski definition) is 4. The number of carbonyl (C=O) groups excluding carboxylic acids is 2. The van der Waals surface area contributed by atoms with Gasteiger partial charge in [0.2, 0.25) is 11.8 Å². The molecule has 2 aromatic carbocycles. The molecule has 1 saturated heterocycles. The van der Waals surface area contributed by atoms with Gasteiger partial charge >= 0.3 is 0 Å². The Labute approximate surface area is 212 Å². The van der Waals surface area contributed by atoms with Gasteiger partial charge in [-0.2, -0.15) is 0 Å². The first-order chi connectivity index (χ1) is 17.4. The van der Waals surface area contributed by atoms with Gasteiger partial charge in [0, 0.05) is 12.2 Å². The zero-order chi connectivity index (χ0) is 25.5. The Balaban J connectivity index is 1.21. The molecule has 3 atom stereocenters. The van der Waals surface area contributed by atoms with Crippen molar-refractivity contribution in [3.63, 3.8) is 0 Å². The van der Waals surface area contributed by atoms with E-state index >= 15 is 0 Å². The van der Waals surface area contributed by atoms with Crippen molar-refractivity contribution in [1.29, 1.82) is 0 Å². The number of nitrogens with zero attached hydrogens (tertiary/aromatic N) is 1. The number of pyridine rings is 1. The fourth-order valence-corrected chi connectivity index (χ4v) is 4.63. The first kappa shape index (κ1) is 25.4. The molecule has 0 bridgehead atoms. The zero-order valence-electron chi connectivity index (χ0n) is 21.0. The van der Waals surface area contributed by atoms with Crippen molar-refractivity contribution in [2.45, 2.75) is 51.7 Å². The smallest absolute Gasteiger partial charge is 0.242 e. The van der Waals surface area contributed by atoms with Crippen LogP contribution in [0.5, 0.6) is 0 Å². The quantitative estimate of drug-likeness (QED) is 0.373. The second-order valence-electron chi connectivity index (χ2n) is 9.67. The van der Waals surface area contributed by atoms with Crippen LogP contribution in [0.3, 0.4) is 0 Å². The maximum Gasteiger partial charge on any atom is 0.242 e. The summed E-state index contributed by atoms with van der Waals surface area (Å²) in [4.78, 5) is 29.5. The van der Waals surface area contributed by atoms with Crippen LogP contribution >= 0.6 is 0 Å². The number of nitrogens with two attached hydrogens (primary N) is 1. The molecule has 1 aliphatic rings. The van der Waals surface area contributed by atoms with E-state index in [1.165, 1.54) is 16.7 Å². The van der Waals surface area contributed by atoms with E-state index in [0.717, 1.165) is 37.1 Å². The number of hydrogen-bond acceptors (Lipinski definition) is 5. The van der Waals surface area contributed by atoms with Crippen molar-refractivity contribution in [3.05, 3.63) is 94.7 Å². The van der Waals surface area contributed by atoms with Crippen molar-refractivity contribution in [2.75, 3.05) is 12.3 Å². The van der Waals surface area contributed by atoms with Gasteiger partial charge in [-0.05, 0) is 73.9 Å². The Bertz CT molecular complexity index is 1180. The fourth-order valence-electron chi connectivity index (χ4n) is 4.63. The van der Waals surface area contributed by atoms with Crippen LogP contribution in [0.4, 0.5) is 5.82 Å². The number of carbonyl (C=O) groups is 2. The van der Waals surface area contributed by atoms with Crippen molar-refractivity contribution in [3.8, 4) is 0 Å². The maximum absolute atomic E-state index is 12.8. The first-order valence-electron chi connectivity index (χ1n) is 12.5. The van der Waals surface area contributed by atoms with Crippen LogP contribution in [0.15, 0.2) is 66.7 Å². The van der Waals surface area contributed by atoms with Crippen LogP contribution in [-0.4, -0.2) is 35.4 Å². The standard InChI is InChI=1S/C29H35N5O2/c1-19-25(12-13-27(30)33-19)18-32-28(35)20(2)34-29(36)26-16-24(17-31-26)15-23-10-8-22(9-11-23)14-21-6-4-3-5-7-21/h3-13,20,24,26,31H,14-18H2,1-2H3,(H2,30,33)(H,32,35)(H,34,36)/t20-,24-,26+/m0/s1. The maximum atomic E-state index is 12.8. The number of anilines is 1. The van der Waals surface area contributed by atoms with Gasteiger partial charge in [-0.25, -0.2) is 4.98 Å². The molecular weight excluding hydrogens is 450 g/mol. The highest BCUT2D eigenvalue weighted by Crippen LogP contribution is 2.20. The van der Waals surface area contributed by atoms with Gasteiger partial charge in [-0.1, -0.05) is 60.7 Å². The van der Waals surface area contributed by atoms with Gasteiger partial charge in [0.05, 0.1) is 6.04 Å². The summed E-state index contributed by atoms with van der Waals surface area (Å²) in [7, 11) is 0. The molecule has 4 rings (SSSR count). The zero-order valence-corrected chi connectivity index (χ0v) is 21.0. The molecule has 36 heavy (non-hydrogen) atoms. The number of rotatable bonds is 9. The molecule has 0 saturated carbocycles. The molecule has 1 fully saturated rings. The van der Waals surface area contributed by atoms with Crippen LogP contribution in [-0.2, 0) is 29.0 Å². The Morgan fingerprint density at radius 3 is 2.44 bits per heavy atom. The van der Waals surface area contributed by atoms with E-state index in [1.807, 2.05) is 19.1 Å². The molecule has 5 N–H and O–H groups in total. The predicted octanol–water partition coefficient (Wildman–Crippen LogP) is 2.90. The summed E-state index contributed by atoms with van der Waals surface area (Å²) in [5.41, 5.74) is 11.2. The molecule has 3 aromatic rings. The Kier molecular flexibility index (Phi) is 8.33. The second kappa shape index (κ2) is 11.8. The number of amides is 2. The molecule has 2 heterocycles. The summed E-state index contributed by atoms with van der Waals surface area (Å²) in [6.45, 7) is 4.68. The Morgan fingerprint density at radius 2 is 1.72 bits per heavy atom. The van der Waals surface area contributed by atoms with Gasteiger partial charge in [0.1, 0.15) is 11.9 Å². The molecule has 0 aliphatic carbocycles. The number of nitrogens with one attached hydrogen (secondary N) is 3. The molecule has 188 valence electrons. The number of nitrogen functional groups attached to an aromatic ring is 1. The lowest BCUT2D eigenvalue weighted by atomic mass is 9.95. The second-order valence-corrected chi connectivity index (χ2v) is 9.67. The minimum atomic E-state index is -0.627. The largest absolute Gasteiger partial charge is 0.384 e. The molecule has 2 amide bonds. The molecule has 1 aromatic heterocycles. The summed E-state index contributed by atoms with van der Waals surface area (Å²) < 4.78 is 0. The topological polar surface area (TPSA) is 109 Å². The molecule has 0 radical (unpaired) electrons. The normalized spacial score (nSPS) is 17.9. The first-order valence-corrected chi connectivity index (χ1v) is 12.5. The molecule has 7 heteroatoms. The van der Waals surface area contributed by atoms with Gasteiger partial charge in [0.25, 0.3) is 0 Å². The highest BCUT2D eigenvalue weighted by molar-refractivity contribution is 5.89. The van der Waals surface area contributed by atoms with E-state index in [2.05, 4.69) is 69.5 Å². The molecule has 0 spiro atoms. The monoisotopic (exact) mass is 485 g/mol. The number of benzene rings is 2. The molecule has 7 nitrogen and oxygen atoms in total. The highest BCUT2D eigenvalue weighted by Gasteiger charge is 2.30. The minimum absolute atomic E-state index is 0.135. The van der Waals surface area contributed by atoms with Crippen molar-refractivity contribution < 1.29 is 9.59 Å². The summed E-state index contributed by atoms with van der Waals surface area (Å²) >= 11 is 0. The summed E-state index contributed by atoms with van der Waals surface area (Å²) in [5, 5.41) is 9.03. The van der Waals surface area contributed by atoms with Crippen molar-refractivity contribution in [1.82, 2.24) is 20.9 Å². The van der Waals surface area contributed by atoms with E-state index in [1.54, 1.807) is 13.0 Å². The third kappa shape index (κ3) is 6.92. The van der Waals surface area contributed by atoms with Crippen LogP contribution in [0.25, 0.3) is 0 Å². The van der Waals surface area contributed by atoms with Gasteiger partial charge in [-0.3, -0.25) is 9.59 Å². The molecule has 1 aliphatic heterocycles. The average molecular weight is 486 g/mol. The summed E-state index contributed by atoms with van der Waals surface area (Å²) in [6.07, 6.45) is 2.60. The van der Waals surface area contributed by atoms with Crippen LogP contribution in [0, 0.1) is 12.8 Å². The minimum Gasteiger partial charge on any atom is -0.384 e. The van der Waals surface area contributed by atoms with Crippen LogP contribution < -0.4 is 21.7 Å². The van der Waals surface area contributed by atoms with E-state index < -0.39 is 6.04 Å². The fraction of sp³-hybridized carbons (Fsp3) is 0.345. The Hall–Kier alpha value is -3.71. The van der Waals surface area contributed by atoms with E-state index in [0.29, 0.717) is 18.3 Å². The van der Waals surface area contributed by atoms with Crippen LogP contribution in [0.2, 0.25) is 0 Å². The van der Waals surface area contributed by atoms with E-state index in [-0.39, 0.29) is 17.9 Å². The third-order valence-electron chi connectivity index (χ3n) is 6.76. The highest BCUT2D eigenvalue weighted by atomic mass is 16.2. The average Bonchev–Trinajstić information content (AvgIpc) is 3.34. The lowest BCUT2D eigenvalue weighted by molar-refractivity contribution is -0.129.